The first kappa shape index (κ1) is 18.3. The van der Waals surface area contributed by atoms with Gasteiger partial charge < -0.3 is 5.32 Å². The van der Waals surface area contributed by atoms with Crippen molar-refractivity contribution in [1.29, 1.82) is 0 Å². The van der Waals surface area contributed by atoms with Gasteiger partial charge in [0.15, 0.2) is 0 Å². The van der Waals surface area contributed by atoms with Crippen molar-refractivity contribution in [2.45, 2.75) is 73.5 Å². The average Bonchev–Trinajstić information content (AvgIpc) is 2.33. The molecule has 0 aromatic heterocycles. The third-order valence-electron chi connectivity index (χ3n) is 2.93. The van der Waals surface area contributed by atoms with E-state index < -0.39 is 0 Å². The van der Waals surface area contributed by atoms with Crippen LogP contribution in [0.2, 0.25) is 0 Å². The summed E-state index contributed by atoms with van der Waals surface area (Å²) in [7, 11) is 2.07. The van der Waals surface area contributed by atoms with E-state index in [4.69, 9.17) is 0 Å². The van der Waals surface area contributed by atoms with Crippen molar-refractivity contribution in [2.75, 3.05) is 13.6 Å². The summed E-state index contributed by atoms with van der Waals surface area (Å²) in [5, 5.41) is 3.41. The van der Waals surface area contributed by atoms with Crippen LogP contribution in [-0.4, -0.2) is 30.7 Å². The van der Waals surface area contributed by atoms with Crippen LogP contribution in [0.25, 0.3) is 0 Å². The molecule has 0 radical (unpaired) electrons. The van der Waals surface area contributed by atoms with E-state index >= 15 is 0 Å². The second-order valence-corrected chi connectivity index (χ2v) is 4.18. The zero-order valence-electron chi connectivity index (χ0n) is 12.8. The van der Waals surface area contributed by atoms with Crippen LogP contribution in [0.3, 0.4) is 0 Å². The van der Waals surface area contributed by atoms with Crippen molar-refractivity contribution in [1.82, 2.24) is 10.2 Å². The van der Waals surface area contributed by atoms with Crippen LogP contribution >= 0.6 is 0 Å². The molecule has 2 nitrogen and oxygen atoms in total. The van der Waals surface area contributed by atoms with Crippen LogP contribution in [0.1, 0.15) is 61.3 Å². The molecule has 0 amide bonds. The second-order valence-electron chi connectivity index (χ2n) is 4.18. The highest BCUT2D eigenvalue weighted by atomic mass is 15.3. The summed E-state index contributed by atoms with van der Waals surface area (Å²) < 4.78 is 0. The molecule has 2 unspecified atom stereocenters. The highest BCUT2D eigenvalue weighted by Crippen LogP contribution is 2.22. The molecule has 0 spiro atoms. The molecule has 1 N–H and O–H groups in total. The average molecular weight is 230 g/mol. The summed E-state index contributed by atoms with van der Waals surface area (Å²) in [6, 6.07) is 0.671. The smallest absolute Gasteiger partial charge is 0.0623 e. The van der Waals surface area contributed by atoms with Gasteiger partial charge in [-0.3, -0.25) is 4.90 Å². The lowest BCUT2D eigenvalue weighted by Gasteiger charge is -2.42. The van der Waals surface area contributed by atoms with E-state index in [1.54, 1.807) is 0 Å². The summed E-state index contributed by atoms with van der Waals surface area (Å²) in [6.07, 6.45) is 3.32. The molecule has 100 valence electrons. The molecule has 1 aliphatic rings. The Morgan fingerprint density at radius 1 is 1.12 bits per heavy atom. The third-order valence-corrected chi connectivity index (χ3v) is 2.93. The maximum Gasteiger partial charge on any atom is 0.0623 e. The molecule has 1 saturated heterocycles. The van der Waals surface area contributed by atoms with E-state index in [1.807, 2.05) is 27.7 Å². The normalized spacial score (nSPS) is 25.3. The Balaban J connectivity index is 0. The summed E-state index contributed by atoms with van der Waals surface area (Å²) >= 11 is 0. The lowest BCUT2D eigenvalue weighted by molar-refractivity contribution is 0.0539. The lowest BCUT2D eigenvalue weighted by atomic mass is 9.95. The molecule has 1 aliphatic heterocycles. The number of piperidine rings is 1. The SMILES string of the molecule is CC.CC.CNC1C(C)CCCN1C(C)C. The quantitative estimate of drug-likeness (QED) is 0.778. The number of hydrogen-bond donors (Lipinski definition) is 1. The van der Waals surface area contributed by atoms with Gasteiger partial charge in [0.2, 0.25) is 0 Å². The summed E-state index contributed by atoms with van der Waals surface area (Å²) in [6.45, 7) is 16.2. The zero-order valence-corrected chi connectivity index (χ0v) is 12.8. The Kier molecular flexibility index (Phi) is 13.0. The highest BCUT2D eigenvalue weighted by molar-refractivity contribution is 4.81. The van der Waals surface area contributed by atoms with Crippen molar-refractivity contribution in [3.63, 3.8) is 0 Å². The van der Waals surface area contributed by atoms with Gasteiger partial charge in [-0.2, -0.15) is 0 Å². The molecule has 16 heavy (non-hydrogen) atoms. The van der Waals surface area contributed by atoms with Gasteiger partial charge in [-0.05, 0) is 46.2 Å². The molecule has 0 aliphatic carbocycles. The Morgan fingerprint density at radius 3 is 1.94 bits per heavy atom. The standard InChI is InChI=1S/C10H22N2.2C2H6/c1-8(2)12-7-5-6-9(3)10(12)11-4;2*1-2/h8-11H,5-7H2,1-4H3;2*1-2H3. The van der Waals surface area contributed by atoms with Gasteiger partial charge >= 0.3 is 0 Å². The maximum absolute atomic E-state index is 3.41. The Labute approximate surface area is 104 Å². The molecular formula is C14H34N2. The van der Waals surface area contributed by atoms with Crippen LogP contribution in [0.15, 0.2) is 0 Å². The van der Waals surface area contributed by atoms with Gasteiger partial charge in [0, 0.05) is 6.04 Å². The Morgan fingerprint density at radius 2 is 1.62 bits per heavy atom. The van der Waals surface area contributed by atoms with Crippen LogP contribution in [-0.2, 0) is 0 Å². The van der Waals surface area contributed by atoms with Crippen molar-refractivity contribution >= 4 is 0 Å². The largest absolute Gasteiger partial charge is 0.305 e. The summed E-state index contributed by atoms with van der Waals surface area (Å²) in [5.74, 6) is 0.797. The third kappa shape index (κ3) is 5.86. The molecule has 2 atom stereocenters. The van der Waals surface area contributed by atoms with Gasteiger partial charge in [-0.1, -0.05) is 34.6 Å². The predicted molar refractivity (Wildman–Crippen MR) is 75.8 cm³/mol. The Bertz CT molecular complexity index is 135. The number of hydrogen-bond acceptors (Lipinski definition) is 2. The van der Waals surface area contributed by atoms with Crippen molar-refractivity contribution in [3.8, 4) is 0 Å². The number of rotatable bonds is 2. The van der Waals surface area contributed by atoms with Crippen LogP contribution in [0, 0.1) is 5.92 Å². The first-order valence-electron chi connectivity index (χ1n) is 7.09. The highest BCUT2D eigenvalue weighted by Gasteiger charge is 2.28. The fourth-order valence-electron chi connectivity index (χ4n) is 2.25. The van der Waals surface area contributed by atoms with Gasteiger partial charge in [-0.25, -0.2) is 0 Å². The van der Waals surface area contributed by atoms with E-state index in [1.165, 1.54) is 19.4 Å². The summed E-state index contributed by atoms with van der Waals surface area (Å²) in [4.78, 5) is 2.56. The van der Waals surface area contributed by atoms with Crippen LogP contribution < -0.4 is 5.32 Å². The van der Waals surface area contributed by atoms with Crippen molar-refractivity contribution < 1.29 is 0 Å². The Hall–Kier alpha value is -0.0800. The fourth-order valence-corrected chi connectivity index (χ4v) is 2.25. The molecule has 1 fully saturated rings. The summed E-state index contributed by atoms with van der Waals surface area (Å²) in [5.41, 5.74) is 0. The van der Waals surface area contributed by atoms with E-state index in [0.717, 1.165) is 5.92 Å². The molecule has 0 aromatic carbocycles. The van der Waals surface area contributed by atoms with Crippen LogP contribution in [0.5, 0.6) is 0 Å². The minimum Gasteiger partial charge on any atom is -0.305 e. The van der Waals surface area contributed by atoms with E-state index in [-0.39, 0.29) is 0 Å². The van der Waals surface area contributed by atoms with Gasteiger partial charge in [-0.15, -0.1) is 0 Å². The van der Waals surface area contributed by atoms with Gasteiger partial charge in [0.05, 0.1) is 6.17 Å². The minimum atomic E-state index is 0.596. The topological polar surface area (TPSA) is 15.3 Å². The predicted octanol–water partition coefficient (Wildman–Crippen LogP) is 3.72. The number of nitrogens with one attached hydrogen (secondary N) is 1. The lowest BCUT2D eigenvalue weighted by Crippen LogP contribution is -2.54. The molecule has 2 heteroatoms. The fraction of sp³-hybridized carbons (Fsp3) is 1.00. The van der Waals surface area contributed by atoms with E-state index in [9.17, 15) is 0 Å². The van der Waals surface area contributed by atoms with Crippen molar-refractivity contribution in [2.24, 2.45) is 5.92 Å². The van der Waals surface area contributed by atoms with Crippen molar-refractivity contribution in [3.05, 3.63) is 0 Å². The van der Waals surface area contributed by atoms with E-state index in [0.29, 0.717) is 12.2 Å². The molecule has 0 saturated carbocycles. The monoisotopic (exact) mass is 230 g/mol. The van der Waals surface area contributed by atoms with Gasteiger partial charge in [0.25, 0.3) is 0 Å². The molecule has 0 aromatic rings. The first-order chi connectivity index (χ1) is 7.66. The molecule has 0 bridgehead atoms. The van der Waals surface area contributed by atoms with E-state index in [2.05, 4.69) is 38.0 Å². The zero-order chi connectivity index (χ0) is 13.1. The molecular weight excluding hydrogens is 196 g/mol. The number of likely N-dealkylation sites (tertiary alicyclic amines) is 1. The second kappa shape index (κ2) is 11.4. The first-order valence-corrected chi connectivity index (χ1v) is 7.09. The van der Waals surface area contributed by atoms with Gasteiger partial charge in [0.1, 0.15) is 0 Å². The minimum absolute atomic E-state index is 0.596. The molecule has 1 rings (SSSR count). The molecule has 1 heterocycles. The number of nitrogens with zero attached hydrogens (tertiary/aromatic N) is 1. The maximum atomic E-state index is 3.41. The van der Waals surface area contributed by atoms with Crippen LogP contribution in [0.4, 0.5) is 0 Å².